The maximum Gasteiger partial charge on any atom is 0.312 e. The van der Waals surface area contributed by atoms with Crippen molar-refractivity contribution >= 4 is 44.2 Å². The monoisotopic (exact) mass is 887 g/mol. The lowest BCUT2D eigenvalue weighted by atomic mass is 9.59. The number of anilines is 2. The molecule has 0 unspecified atom stereocenters. The summed E-state index contributed by atoms with van der Waals surface area (Å²) < 4.78 is 41.2. The van der Waals surface area contributed by atoms with Crippen LogP contribution in [0.3, 0.4) is 0 Å². The largest absolute Gasteiger partial charge is 0.455 e. The van der Waals surface area contributed by atoms with E-state index in [0.717, 1.165) is 55.8 Å². The Labute approximate surface area is 372 Å². The van der Waals surface area contributed by atoms with Crippen LogP contribution in [-0.2, 0) is 14.8 Å². The second kappa shape index (κ2) is 17.5. The number of aromatic nitrogens is 3. The molecule has 5 aromatic rings. The molecule has 6 heterocycles. The summed E-state index contributed by atoms with van der Waals surface area (Å²) in [5, 5.41) is 15.8. The van der Waals surface area contributed by atoms with Gasteiger partial charge in [-0.2, -0.15) is 0 Å². The van der Waals surface area contributed by atoms with Crippen molar-refractivity contribution in [2.75, 3.05) is 49.6 Å². The molecular weight excluding hydrogens is 835 g/mol. The number of amides is 1. The highest BCUT2D eigenvalue weighted by atomic mass is 32.2. The van der Waals surface area contributed by atoms with Crippen LogP contribution < -0.4 is 19.7 Å². The molecule has 17 heteroatoms. The fourth-order valence-corrected chi connectivity index (χ4v) is 11.2. The summed E-state index contributed by atoms with van der Waals surface area (Å²) in [6, 6.07) is 19.6. The van der Waals surface area contributed by atoms with Crippen LogP contribution in [0.15, 0.2) is 84.1 Å². The third-order valence-corrected chi connectivity index (χ3v) is 15.2. The van der Waals surface area contributed by atoms with E-state index in [1.54, 1.807) is 30.5 Å². The van der Waals surface area contributed by atoms with E-state index in [0.29, 0.717) is 60.9 Å². The lowest BCUT2D eigenvalue weighted by Crippen LogP contribution is -2.54. The third-order valence-electron chi connectivity index (χ3n) is 13.9. The third kappa shape index (κ3) is 8.61. The van der Waals surface area contributed by atoms with Gasteiger partial charge < -0.3 is 29.5 Å². The number of nitrogens with zero attached hydrogens (tertiary/aromatic N) is 6. The van der Waals surface area contributed by atoms with Crippen molar-refractivity contribution in [2.45, 2.75) is 93.7 Å². The molecule has 4 fully saturated rings. The summed E-state index contributed by atoms with van der Waals surface area (Å²) in [5.74, 6) is -0.220. The number of hydrogen-bond acceptors (Lipinski definition) is 12. The SMILES string of the molecule is [C-]#[N+]C1(CNc2ncc(S(=O)(=O)NC(=O)c3ccc(N4CCC5(CC4)CC(N4CCC[C@H]4c4ccccc4C(C)C)C5)cc3Oc3cnc4[nH]ccc4c3)cc2[N+](=O)[O-])CCOCC1. The molecule has 334 valence electrons. The first-order chi connectivity index (χ1) is 30.8. The zero-order chi connectivity index (χ0) is 44.6. The minimum Gasteiger partial charge on any atom is -0.455 e. The molecule has 4 aliphatic rings. The van der Waals surface area contributed by atoms with Crippen LogP contribution in [-0.4, -0.2) is 90.1 Å². The second-order valence-corrected chi connectivity index (χ2v) is 19.8. The van der Waals surface area contributed by atoms with Crippen LogP contribution in [0.2, 0.25) is 0 Å². The van der Waals surface area contributed by atoms with Crippen molar-refractivity contribution in [2.24, 2.45) is 5.41 Å². The number of carbonyl (C=O) groups excluding carboxylic acids is 1. The highest BCUT2D eigenvalue weighted by Gasteiger charge is 2.50. The predicted molar refractivity (Wildman–Crippen MR) is 242 cm³/mol. The molecule has 3 aromatic heterocycles. The number of fused-ring (bicyclic) bond motifs is 1. The Bertz CT molecular complexity index is 2710. The summed E-state index contributed by atoms with van der Waals surface area (Å²) in [7, 11) is -4.67. The zero-order valence-corrected chi connectivity index (χ0v) is 36.9. The number of pyridine rings is 2. The number of carbonyl (C=O) groups is 1. The maximum absolute atomic E-state index is 14.0. The normalized spacial score (nSPS) is 19.9. The number of piperidine rings is 1. The molecule has 1 aliphatic carbocycles. The molecule has 3 aliphatic heterocycles. The Balaban J connectivity index is 0.907. The Morgan fingerprint density at radius 2 is 1.83 bits per heavy atom. The standard InChI is InChI=1S/C47H53N9O7S/c1-31(2)37-7-4-5-8-38(37)40-9-6-18-55(40)34-26-46(27-34)13-19-54(20-14-46)33-10-11-39(42(24-33)63-35-23-32-12-17-49-43(32)50-28-35)45(57)53-64(60,61)36-25-41(56(58)59)44(51-29-36)52-30-47(48-3)15-21-62-22-16-47/h4-5,7-8,10-12,17,23-25,28-29,31,34,40H,6,9,13-16,18-22,26-27,30H2,1-2H3,(H,49,50)(H,51,52)(H,53,57)/t40-/m0/s1. The Morgan fingerprint density at radius 1 is 1.05 bits per heavy atom. The first-order valence-electron chi connectivity index (χ1n) is 22.1. The van der Waals surface area contributed by atoms with Crippen molar-refractivity contribution in [1.82, 2.24) is 24.6 Å². The number of nitro groups is 1. The number of nitrogens with one attached hydrogen (secondary N) is 3. The van der Waals surface area contributed by atoms with E-state index in [2.05, 4.69) is 77.7 Å². The molecule has 9 rings (SSSR count). The molecule has 0 radical (unpaired) electrons. The first kappa shape index (κ1) is 43.2. The van der Waals surface area contributed by atoms with E-state index < -0.39 is 37.0 Å². The van der Waals surface area contributed by atoms with Crippen LogP contribution in [0.25, 0.3) is 15.9 Å². The summed E-state index contributed by atoms with van der Waals surface area (Å²) >= 11 is 0. The molecule has 1 spiro atoms. The molecule has 64 heavy (non-hydrogen) atoms. The van der Waals surface area contributed by atoms with E-state index in [1.807, 2.05) is 6.07 Å². The quantitative estimate of drug-likeness (QED) is 0.0583. The Morgan fingerprint density at radius 3 is 2.58 bits per heavy atom. The molecule has 3 N–H and O–H groups in total. The van der Waals surface area contributed by atoms with E-state index in [-0.39, 0.29) is 23.7 Å². The number of benzene rings is 2. The van der Waals surface area contributed by atoms with Crippen molar-refractivity contribution in [3.05, 3.63) is 117 Å². The van der Waals surface area contributed by atoms with Crippen molar-refractivity contribution in [3.8, 4) is 11.5 Å². The van der Waals surface area contributed by atoms with Crippen LogP contribution in [0, 0.1) is 22.1 Å². The Kier molecular flexibility index (Phi) is 11.8. The fraction of sp³-hybridized carbons (Fsp3) is 0.447. The van der Waals surface area contributed by atoms with Gasteiger partial charge in [0.05, 0.1) is 55.5 Å². The number of likely N-dealkylation sites (tertiary alicyclic amines) is 1. The van der Waals surface area contributed by atoms with Gasteiger partial charge in [0.25, 0.3) is 21.5 Å². The second-order valence-electron chi connectivity index (χ2n) is 18.1. The maximum atomic E-state index is 14.0. The van der Waals surface area contributed by atoms with Crippen LogP contribution in [0.4, 0.5) is 17.2 Å². The topological polar surface area (TPSA) is 189 Å². The summed E-state index contributed by atoms with van der Waals surface area (Å²) in [6.07, 6.45) is 12.0. The van der Waals surface area contributed by atoms with Crippen molar-refractivity contribution in [1.29, 1.82) is 0 Å². The van der Waals surface area contributed by atoms with Gasteiger partial charge in [-0.05, 0) is 91.8 Å². The number of rotatable bonds is 13. The highest BCUT2D eigenvalue weighted by molar-refractivity contribution is 7.90. The van der Waals surface area contributed by atoms with Gasteiger partial charge >= 0.3 is 5.69 Å². The number of sulfonamides is 1. The Hall–Kier alpha value is -6.09. The number of ether oxygens (including phenoxy) is 2. The molecule has 3 saturated heterocycles. The van der Waals surface area contributed by atoms with E-state index in [9.17, 15) is 23.3 Å². The van der Waals surface area contributed by atoms with Gasteiger partial charge in [0.2, 0.25) is 5.82 Å². The van der Waals surface area contributed by atoms with Crippen LogP contribution in [0.1, 0.15) is 98.7 Å². The van der Waals surface area contributed by atoms with Crippen molar-refractivity contribution in [3.63, 3.8) is 0 Å². The van der Waals surface area contributed by atoms with E-state index in [1.165, 1.54) is 43.0 Å². The smallest absolute Gasteiger partial charge is 0.312 e. The lowest BCUT2D eigenvalue weighted by Gasteiger charge is -2.56. The zero-order valence-electron chi connectivity index (χ0n) is 36.1. The van der Waals surface area contributed by atoms with Gasteiger partial charge in [-0.15, -0.1) is 0 Å². The summed E-state index contributed by atoms with van der Waals surface area (Å²) in [5.41, 5.74) is 3.23. The molecule has 0 bridgehead atoms. The average Bonchev–Trinajstić information content (AvgIpc) is 3.98. The van der Waals surface area contributed by atoms with Gasteiger partial charge in [-0.3, -0.25) is 19.8 Å². The number of hydrogen-bond donors (Lipinski definition) is 3. The van der Waals surface area contributed by atoms with E-state index in [4.69, 9.17) is 16.0 Å². The number of H-pyrrole nitrogens is 1. The highest BCUT2D eigenvalue weighted by Crippen LogP contribution is 2.54. The van der Waals surface area contributed by atoms with Crippen LogP contribution >= 0.6 is 0 Å². The molecular formula is C47H53N9O7S. The van der Waals surface area contributed by atoms with Crippen molar-refractivity contribution < 1.29 is 27.6 Å². The van der Waals surface area contributed by atoms with Gasteiger partial charge in [0, 0.05) is 54.6 Å². The number of aromatic amines is 1. The molecule has 16 nitrogen and oxygen atoms in total. The first-order valence-corrected chi connectivity index (χ1v) is 23.6. The molecule has 2 aromatic carbocycles. The molecule has 1 atom stereocenters. The summed E-state index contributed by atoms with van der Waals surface area (Å²) in [6.45, 7) is 15.9. The molecule has 1 amide bonds. The predicted octanol–water partition coefficient (Wildman–Crippen LogP) is 8.37. The fourth-order valence-electron chi connectivity index (χ4n) is 10.2. The lowest BCUT2D eigenvalue weighted by molar-refractivity contribution is -0.384. The minimum absolute atomic E-state index is 0.0577. The summed E-state index contributed by atoms with van der Waals surface area (Å²) in [4.78, 5) is 45.1. The average molecular weight is 888 g/mol. The van der Waals surface area contributed by atoms with Gasteiger partial charge in [-0.1, -0.05) is 38.1 Å². The molecule has 1 saturated carbocycles. The van der Waals surface area contributed by atoms with Gasteiger partial charge in [0.15, 0.2) is 0 Å². The van der Waals surface area contributed by atoms with Gasteiger partial charge in [-0.25, -0.2) is 29.7 Å². The van der Waals surface area contributed by atoms with Gasteiger partial charge in [0.1, 0.15) is 22.0 Å². The minimum atomic E-state index is -4.67. The van der Waals surface area contributed by atoms with Crippen LogP contribution in [0.5, 0.6) is 11.5 Å². The van der Waals surface area contributed by atoms with E-state index >= 15 is 0 Å².